The number of sulfonamides is 1. The van der Waals surface area contributed by atoms with Gasteiger partial charge in [0.2, 0.25) is 10.0 Å². The molecule has 0 spiro atoms. The number of aliphatic imine (C=N–C) groups is 1. The minimum Gasteiger partial charge on any atom is -0.508 e. The van der Waals surface area contributed by atoms with E-state index in [1.54, 1.807) is 17.4 Å². The van der Waals surface area contributed by atoms with Crippen molar-refractivity contribution >= 4 is 16.0 Å². The summed E-state index contributed by atoms with van der Waals surface area (Å²) in [5.74, 6) is 1.25. The molecule has 1 heterocycles. The number of piperidine rings is 1. The van der Waals surface area contributed by atoms with Gasteiger partial charge in [0.05, 0.1) is 5.75 Å². The summed E-state index contributed by atoms with van der Waals surface area (Å²) in [6.07, 6.45) is 6.63. The highest BCUT2D eigenvalue weighted by Crippen LogP contribution is 2.30. The Balaban J connectivity index is 1.55. The summed E-state index contributed by atoms with van der Waals surface area (Å²) in [5, 5.41) is 17.1. The van der Waals surface area contributed by atoms with Crippen LogP contribution < -0.4 is 10.6 Å². The Kier molecular flexibility index (Phi) is 7.40. The second-order valence-electron chi connectivity index (χ2n) is 7.97. The predicted octanol–water partition coefficient (Wildman–Crippen LogP) is 2.14. The van der Waals surface area contributed by atoms with Crippen LogP contribution in [0, 0.1) is 0 Å². The number of aryl methyl sites for hydroxylation is 1. The Morgan fingerprint density at radius 1 is 1.24 bits per heavy atom. The summed E-state index contributed by atoms with van der Waals surface area (Å²) in [4.78, 5) is 4.32. The van der Waals surface area contributed by atoms with Crippen molar-refractivity contribution in [3.8, 4) is 5.75 Å². The van der Waals surface area contributed by atoms with Gasteiger partial charge in [-0.2, -0.15) is 0 Å². The van der Waals surface area contributed by atoms with E-state index in [1.807, 2.05) is 13.0 Å². The largest absolute Gasteiger partial charge is 0.508 e. The van der Waals surface area contributed by atoms with Gasteiger partial charge < -0.3 is 15.7 Å². The molecule has 3 rings (SSSR count). The molecule has 29 heavy (non-hydrogen) atoms. The minimum atomic E-state index is -3.12. The van der Waals surface area contributed by atoms with E-state index < -0.39 is 10.0 Å². The van der Waals surface area contributed by atoms with Gasteiger partial charge in [0.1, 0.15) is 5.75 Å². The maximum atomic E-state index is 12.2. The summed E-state index contributed by atoms with van der Waals surface area (Å²) in [6, 6.07) is 4.03. The number of guanidine groups is 1. The number of nitrogens with one attached hydrogen (secondary N) is 2. The molecule has 0 radical (unpaired) electrons. The highest BCUT2D eigenvalue weighted by Gasteiger charge is 2.27. The van der Waals surface area contributed by atoms with E-state index in [-0.39, 0.29) is 11.8 Å². The van der Waals surface area contributed by atoms with Crippen LogP contribution in [0.3, 0.4) is 0 Å². The van der Waals surface area contributed by atoms with E-state index in [0.29, 0.717) is 37.8 Å². The van der Waals surface area contributed by atoms with E-state index in [9.17, 15) is 13.5 Å². The molecule has 7 nitrogen and oxygen atoms in total. The molecule has 1 aromatic rings. The number of fused-ring (bicyclic) bond motifs is 1. The summed E-state index contributed by atoms with van der Waals surface area (Å²) in [6.45, 7) is 3.51. The van der Waals surface area contributed by atoms with Crippen molar-refractivity contribution in [3.63, 3.8) is 0 Å². The molecule has 0 bridgehead atoms. The lowest BCUT2D eigenvalue weighted by molar-refractivity contribution is 0.306. The van der Waals surface area contributed by atoms with Crippen LogP contribution in [0.4, 0.5) is 0 Å². The lowest BCUT2D eigenvalue weighted by Gasteiger charge is -2.32. The number of benzene rings is 1. The molecule has 2 aliphatic rings. The van der Waals surface area contributed by atoms with E-state index in [1.165, 1.54) is 17.5 Å². The number of rotatable bonds is 6. The van der Waals surface area contributed by atoms with Crippen LogP contribution in [0.2, 0.25) is 0 Å². The Morgan fingerprint density at radius 3 is 2.66 bits per heavy atom. The van der Waals surface area contributed by atoms with E-state index in [0.717, 1.165) is 37.7 Å². The average Bonchev–Trinajstić information content (AvgIpc) is 2.72. The normalized spacial score (nSPS) is 19.0. The van der Waals surface area contributed by atoms with Crippen LogP contribution in [-0.4, -0.2) is 55.7 Å². The van der Waals surface area contributed by atoms with Crippen molar-refractivity contribution in [1.82, 2.24) is 14.9 Å². The van der Waals surface area contributed by atoms with Crippen LogP contribution >= 0.6 is 0 Å². The van der Waals surface area contributed by atoms with E-state index >= 15 is 0 Å². The molecule has 1 aliphatic carbocycles. The quantitative estimate of drug-likeness (QED) is 0.482. The molecular weight excluding hydrogens is 388 g/mol. The van der Waals surface area contributed by atoms with Crippen LogP contribution in [0.15, 0.2) is 17.1 Å². The fourth-order valence-electron chi connectivity index (χ4n) is 4.31. The van der Waals surface area contributed by atoms with Gasteiger partial charge in [-0.1, -0.05) is 13.0 Å². The van der Waals surface area contributed by atoms with Crippen molar-refractivity contribution in [1.29, 1.82) is 0 Å². The summed E-state index contributed by atoms with van der Waals surface area (Å²) in [7, 11) is -1.39. The molecule has 3 N–H and O–H groups in total. The molecule has 1 aliphatic heterocycles. The second-order valence-corrected chi connectivity index (χ2v) is 10.1. The SMILES string of the molecule is CCCS(=O)(=O)N1CCC(NC(=NC)NCc2c(O)ccc3c2CCCC3)CC1. The summed E-state index contributed by atoms with van der Waals surface area (Å²) < 4.78 is 26.1. The number of hydrogen-bond acceptors (Lipinski definition) is 4. The Labute approximate surface area is 174 Å². The highest BCUT2D eigenvalue weighted by atomic mass is 32.2. The predicted molar refractivity (Wildman–Crippen MR) is 117 cm³/mol. The number of hydrogen-bond donors (Lipinski definition) is 3. The monoisotopic (exact) mass is 422 g/mol. The van der Waals surface area contributed by atoms with Gasteiger partial charge in [0, 0.05) is 38.3 Å². The van der Waals surface area contributed by atoms with Crippen LogP contribution in [0.5, 0.6) is 5.75 Å². The molecular formula is C21H34N4O3S. The third-order valence-electron chi connectivity index (χ3n) is 5.93. The Morgan fingerprint density at radius 2 is 1.97 bits per heavy atom. The number of nitrogens with zero attached hydrogens (tertiary/aromatic N) is 2. The third kappa shape index (κ3) is 5.42. The van der Waals surface area contributed by atoms with Crippen LogP contribution in [0.1, 0.15) is 55.7 Å². The lowest BCUT2D eigenvalue weighted by Crippen LogP contribution is -2.49. The molecule has 8 heteroatoms. The number of phenolic OH excluding ortho intramolecular Hbond substituents is 1. The first-order valence-corrected chi connectivity index (χ1v) is 12.3. The van der Waals surface area contributed by atoms with Gasteiger partial charge in [-0.05, 0) is 62.1 Å². The summed E-state index contributed by atoms with van der Waals surface area (Å²) >= 11 is 0. The van der Waals surface area contributed by atoms with Crippen LogP contribution in [0.25, 0.3) is 0 Å². The smallest absolute Gasteiger partial charge is 0.214 e. The van der Waals surface area contributed by atoms with Crippen molar-refractivity contribution in [2.75, 3.05) is 25.9 Å². The average molecular weight is 423 g/mol. The first-order valence-electron chi connectivity index (χ1n) is 10.7. The number of aromatic hydroxyl groups is 1. The molecule has 1 aromatic carbocycles. The molecule has 162 valence electrons. The van der Waals surface area contributed by atoms with Gasteiger partial charge in [0.15, 0.2) is 5.96 Å². The van der Waals surface area contributed by atoms with Gasteiger partial charge >= 0.3 is 0 Å². The standard InChI is InChI=1S/C21H34N4O3S/c1-3-14-29(27,28)25-12-10-17(11-13-25)24-21(22-2)23-15-19-18-7-5-4-6-16(18)8-9-20(19)26/h8-9,17,26H,3-7,10-15H2,1-2H3,(H2,22,23,24). The fourth-order valence-corrected chi connectivity index (χ4v) is 5.86. The van der Waals surface area contributed by atoms with Gasteiger partial charge in [0.25, 0.3) is 0 Å². The minimum absolute atomic E-state index is 0.188. The van der Waals surface area contributed by atoms with Gasteiger partial charge in [-0.25, -0.2) is 12.7 Å². The van der Waals surface area contributed by atoms with Crippen molar-refractivity contribution in [2.45, 2.75) is 64.5 Å². The maximum absolute atomic E-state index is 12.2. The fraction of sp³-hybridized carbons (Fsp3) is 0.667. The maximum Gasteiger partial charge on any atom is 0.214 e. The molecule has 0 saturated carbocycles. The molecule has 0 amide bonds. The first kappa shape index (κ1) is 21.9. The zero-order valence-corrected chi connectivity index (χ0v) is 18.4. The Bertz CT molecular complexity index is 831. The van der Waals surface area contributed by atoms with Gasteiger partial charge in [-0.3, -0.25) is 4.99 Å². The van der Waals surface area contributed by atoms with Crippen molar-refractivity contribution in [3.05, 3.63) is 28.8 Å². The topological polar surface area (TPSA) is 94.0 Å². The zero-order valence-electron chi connectivity index (χ0n) is 17.6. The van der Waals surface area contributed by atoms with E-state index in [4.69, 9.17) is 0 Å². The van der Waals surface area contributed by atoms with E-state index in [2.05, 4.69) is 15.6 Å². The molecule has 1 fully saturated rings. The molecule has 1 saturated heterocycles. The molecule has 0 aromatic heterocycles. The third-order valence-corrected chi connectivity index (χ3v) is 8.01. The summed E-state index contributed by atoms with van der Waals surface area (Å²) in [5.41, 5.74) is 3.58. The van der Waals surface area contributed by atoms with Crippen LogP contribution in [-0.2, 0) is 29.4 Å². The lowest BCUT2D eigenvalue weighted by atomic mass is 9.88. The second kappa shape index (κ2) is 9.80. The highest BCUT2D eigenvalue weighted by molar-refractivity contribution is 7.89. The van der Waals surface area contributed by atoms with Gasteiger partial charge in [-0.15, -0.1) is 0 Å². The van der Waals surface area contributed by atoms with Crippen molar-refractivity contribution < 1.29 is 13.5 Å². The Hall–Kier alpha value is -1.80. The first-order chi connectivity index (χ1) is 13.9. The zero-order chi connectivity index (χ0) is 20.9. The van der Waals surface area contributed by atoms with Crippen molar-refractivity contribution in [2.24, 2.45) is 4.99 Å². The molecule has 0 unspecified atom stereocenters. The molecule has 0 atom stereocenters. The number of phenols is 1.